The predicted octanol–water partition coefficient (Wildman–Crippen LogP) is 3.08. The smallest absolute Gasteiger partial charge is 0.393 e. The summed E-state index contributed by atoms with van der Waals surface area (Å²) in [5.41, 5.74) is 3.28. The van der Waals surface area contributed by atoms with Crippen LogP contribution in [0.3, 0.4) is 0 Å². The lowest BCUT2D eigenvalue weighted by atomic mass is 10.0. The summed E-state index contributed by atoms with van der Waals surface area (Å²) in [5, 5.41) is 11.8. The van der Waals surface area contributed by atoms with Gasteiger partial charge in [-0.1, -0.05) is 0 Å². The van der Waals surface area contributed by atoms with E-state index in [1.54, 1.807) is 12.3 Å². The van der Waals surface area contributed by atoms with Crippen molar-refractivity contribution >= 4 is 17.4 Å². The number of pyridine rings is 2. The number of nitrogens with zero attached hydrogens (tertiary/aromatic N) is 4. The Morgan fingerprint density at radius 3 is 2.69 bits per heavy atom. The van der Waals surface area contributed by atoms with E-state index in [1.165, 1.54) is 11.1 Å². The van der Waals surface area contributed by atoms with Gasteiger partial charge in [-0.25, -0.2) is 9.78 Å². The Morgan fingerprint density at radius 2 is 2.00 bits per heavy atom. The van der Waals surface area contributed by atoms with E-state index in [0.29, 0.717) is 49.1 Å². The van der Waals surface area contributed by atoms with Crippen LogP contribution < -0.4 is 15.0 Å². The molecule has 1 atom stereocenters. The average molecular weight is 496 g/mol. The Morgan fingerprint density at radius 1 is 1.23 bits per heavy atom. The molecule has 0 radical (unpaired) electrons. The zero-order chi connectivity index (χ0) is 25.0. The monoisotopic (exact) mass is 495 g/mol. The average Bonchev–Trinajstić information content (AvgIpc) is 3.36. The number of nitrogens with one attached hydrogen (secondary N) is 1. The molecular weight excluding hydrogens is 467 g/mol. The van der Waals surface area contributed by atoms with Crippen molar-refractivity contribution in [2.24, 2.45) is 5.92 Å². The molecule has 0 spiro atoms. The summed E-state index contributed by atoms with van der Waals surface area (Å²) >= 11 is 0. The van der Waals surface area contributed by atoms with E-state index < -0.39 is 18.1 Å². The molecule has 9 nitrogen and oxygen atoms in total. The Bertz CT molecular complexity index is 1050. The molecule has 4 rings (SSSR count). The normalized spacial score (nSPS) is 18.6. The molecular formula is C23H28F3N5O4. The molecule has 2 aliphatic heterocycles. The number of halogens is 3. The van der Waals surface area contributed by atoms with Crippen molar-refractivity contribution in [2.45, 2.75) is 19.5 Å². The van der Waals surface area contributed by atoms with Gasteiger partial charge in [-0.3, -0.25) is 4.98 Å². The van der Waals surface area contributed by atoms with E-state index in [0.717, 1.165) is 11.3 Å². The number of likely N-dealkylation sites (tertiary alicyclic amines) is 1. The van der Waals surface area contributed by atoms with Gasteiger partial charge >= 0.3 is 12.2 Å². The lowest BCUT2D eigenvalue weighted by molar-refractivity contribution is -0.169. The summed E-state index contributed by atoms with van der Waals surface area (Å²) in [4.78, 5) is 24.6. The van der Waals surface area contributed by atoms with Gasteiger partial charge in [-0.2, -0.15) is 13.2 Å². The minimum atomic E-state index is -4.31. The zero-order valence-corrected chi connectivity index (χ0v) is 19.3. The molecule has 2 aromatic heterocycles. The van der Waals surface area contributed by atoms with Gasteiger partial charge in [0.2, 0.25) is 5.88 Å². The van der Waals surface area contributed by atoms with E-state index in [1.807, 2.05) is 13.0 Å². The molecule has 2 aromatic rings. The fourth-order valence-corrected chi connectivity index (χ4v) is 4.18. The molecule has 2 saturated heterocycles. The van der Waals surface area contributed by atoms with Crippen LogP contribution in [0.1, 0.15) is 12.1 Å². The van der Waals surface area contributed by atoms with Crippen LogP contribution in [0.25, 0.3) is 11.1 Å². The fourth-order valence-electron chi connectivity index (χ4n) is 4.18. The van der Waals surface area contributed by atoms with Crippen molar-refractivity contribution in [1.82, 2.24) is 14.9 Å². The number of hydrogen-bond donors (Lipinski definition) is 2. The maximum atomic E-state index is 13.0. The van der Waals surface area contributed by atoms with Crippen LogP contribution in [0.4, 0.5) is 29.3 Å². The molecule has 2 aliphatic rings. The largest absolute Gasteiger partial charge is 0.474 e. The van der Waals surface area contributed by atoms with E-state index >= 15 is 0 Å². The summed E-state index contributed by atoms with van der Waals surface area (Å²) < 4.78 is 50.0. The first-order chi connectivity index (χ1) is 16.8. The minimum absolute atomic E-state index is 0.0459. The van der Waals surface area contributed by atoms with Crippen LogP contribution in [0.2, 0.25) is 0 Å². The van der Waals surface area contributed by atoms with Crippen LogP contribution in [-0.4, -0.2) is 84.8 Å². The van der Waals surface area contributed by atoms with Crippen LogP contribution in [0.15, 0.2) is 24.5 Å². The number of ether oxygens (including phenoxy) is 2. The Balaban J connectivity index is 1.55. The number of carbonyl (C=O) groups excluding carboxylic acids is 1. The number of aryl methyl sites for hydroxylation is 1. The number of aliphatic hydroxyl groups is 1. The van der Waals surface area contributed by atoms with Gasteiger partial charge in [-0.15, -0.1) is 0 Å². The number of rotatable bonds is 6. The summed E-state index contributed by atoms with van der Waals surface area (Å²) in [6, 6.07) is 3.05. The van der Waals surface area contributed by atoms with Gasteiger partial charge in [0.15, 0.2) is 0 Å². The number of aromatic nitrogens is 2. The number of aliphatic hydroxyl groups excluding tert-OH is 1. The lowest BCUT2D eigenvalue weighted by Crippen LogP contribution is -2.36. The number of amides is 2. The SMILES string of the molecule is Cc1ncc(NC(=O)N2CC[C@H](C(F)(F)F)C2)cc1-c1cnc(OCCO)c(N2CCOCC2)c1. The molecule has 2 fully saturated rings. The highest BCUT2D eigenvalue weighted by Gasteiger charge is 2.44. The highest BCUT2D eigenvalue weighted by molar-refractivity contribution is 5.90. The van der Waals surface area contributed by atoms with Gasteiger partial charge in [0.25, 0.3) is 0 Å². The first kappa shape index (κ1) is 25.0. The topological polar surface area (TPSA) is 100 Å². The van der Waals surface area contributed by atoms with E-state index in [-0.39, 0.29) is 32.7 Å². The number of urea groups is 1. The maximum Gasteiger partial charge on any atom is 0.393 e. The predicted molar refractivity (Wildman–Crippen MR) is 123 cm³/mol. The van der Waals surface area contributed by atoms with E-state index in [9.17, 15) is 18.0 Å². The van der Waals surface area contributed by atoms with Crippen molar-refractivity contribution in [3.05, 3.63) is 30.2 Å². The van der Waals surface area contributed by atoms with Crippen molar-refractivity contribution < 1.29 is 32.5 Å². The first-order valence-electron chi connectivity index (χ1n) is 11.4. The second kappa shape index (κ2) is 10.6. The number of anilines is 2. The highest BCUT2D eigenvalue weighted by Crippen LogP contribution is 2.35. The molecule has 2 N–H and O–H groups in total. The summed E-state index contributed by atoms with van der Waals surface area (Å²) in [7, 11) is 0. The van der Waals surface area contributed by atoms with E-state index in [2.05, 4.69) is 20.2 Å². The lowest BCUT2D eigenvalue weighted by Gasteiger charge is -2.30. The highest BCUT2D eigenvalue weighted by atomic mass is 19.4. The van der Waals surface area contributed by atoms with Crippen molar-refractivity contribution in [1.29, 1.82) is 0 Å². The number of morpholine rings is 1. The minimum Gasteiger partial charge on any atom is -0.474 e. The zero-order valence-electron chi connectivity index (χ0n) is 19.3. The van der Waals surface area contributed by atoms with Crippen LogP contribution in [-0.2, 0) is 4.74 Å². The van der Waals surface area contributed by atoms with Crippen LogP contribution in [0, 0.1) is 12.8 Å². The summed E-state index contributed by atoms with van der Waals surface area (Å²) in [6.07, 6.45) is -1.31. The first-order valence-corrected chi connectivity index (χ1v) is 11.4. The second-order valence-corrected chi connectivity index (χ2v) is 8.48. The van der Waals surface area contributed by atoms with Gasteiger partial charge in [-0.05, 0) is 25.5 Å². The molecule has 0 saturated carbocycles. The molecule has 190 valence electrons. The van der Waals surface area contributed by atoms with Crippen LogP contribution >= 0.6 is 0 Å². The fraction of sp³-hybridized carbons (Fsp3) is 0.522. The van der Waals surface area contributed by atoms with Gasteiger partial charge in [0.1, 0.15) is 12.3 Å². The molecule has 35 heavy (non-hydrogen) atoms. The quantitative estimate of drug-likeness (QED) is 0.635. The van der Waals surface area contributed by atoms with Gasteiger partial charge < -0.3 is 29.7 Å². The third-order valence-electron chi connectivity index (χ3n) is 6.10. The third kappa shape index (κ3) is 5.93. The molecule has 0 aromatic carbocycles. The number of hydrogen-bond acceptors (Lipinski definition) is 7. The number of alkyl halides is 3. The second-order valence-electron chi connectivity index (χ2n) is 8.48. The molecule has 12 heteroatoms. The van der Waals surface area contributed by atoms with Crippen molar-refractivity contribution in [2.75, 3.05) is 62.8 Å². The van der Waals surface area contributed by atoms with E-state index in [4.69, 9.17) is 14.6 Å². The molecule has 0 aliphatic carbocycles. The standard InChI is InChI=1S/C23H28F3N5O4/c1-15-19(11-18(13-27-15)29-22(33)31-3-2-17(14-31)23(24,25)26)16-10-20(30-4-7-34-8-5-30)21(28-12-16)35-9-6-32/h10-13,17,32H,2-9,14H2,1H3,(H,29,33)/t17-/m0/s1. The summed E-state index contributed by atoms with van der Waals surface area (Å²) in [5.74, 6) is -1.11. The van der Waals surface area contributed by atoms with Gasteiger partial charge in [0, 0.05) is 49.2 Å². The third-order valence-corrected chi connectivity index (χ3v) is 6.10. The van der Waals surface area contributed by atoms with Crippen molar-refractivity contribution in [3.63, 3.8) is 0 Å². The summed E-state index contributed by atoms with van der Waals surface area (Å²) in [6.45, 7) is 3.92. The maximum absolute atomic E-state index is 13.0. The Kier molecular flexibility index (Phi) is 7.60. The molecule has 0 bridgehead atoms. The Hall–Kier alpha value is -3.12. The number of carbonyl (C=O) groups is 1. The van der Waals surface area contributed by atoms with Crippen LogP contribution in [0.5, 0.6) is 5.88 Å². The van der Waals surface area contributed by atoms with Crippen molar-refractivity contribution in [3.8, 4) is 17.0 Å². The molecule has 2 amide bonds. The van der Waals surface area contributed by atoms with Gasteiger partial charge in [0.05, 0.1) is 37.6 Å². The molecule has 4 heterocycles. The Labute approximate surface area is 200 Å². The molecule has 0 unspecified atom stereocenters.